The number of para-hydroxylation sites is 2. The lowest BCUT2D eigenvalue weighted by Crippen LogP contribution is -2.52. The molecule has 0 fully saturated rings. The fraction of sp³-hybridized carbons (Fsp3) is 0.200. The number of nitrogens with one attached hydrogen (secondary N) is 1. The number of benzene rings is 2. The SMILES string of the molecule is CCc1nc2ccccc2n1C1=CC(N)=NC(N)(c2ccc(OC(F)F)cc2)N1. The van der Waals surface area contributed by atoms with Crippen LogP contribution in [-0.2, 0) is 12.2 Å². The lowest BCUT2D eigenvalue weighted by atomic mass is 10.1. The van der Waals surface area contributed by atoms with Crippen molar-refractivity contribution in [1.29, 1.82) is 0 Å². The minimum Gasteiger partial charge on any atom is -0.435 e. The predicted octanol–water partition coefficient (Wildman–Crippen LogP) is 2.73. The first-order valence-corrected chi connectivity index (χ1v) is 9.06. The second kappa shape index (κ2) is 7.17. The number of hydrogen-bond acceptors (Lipinski definition) is 6. The maximum absolute atomic E-state index is 12.4. The average Bonchev–Trinajstić information content (AvgIpc) is 3.06. The number of aromatic nitrogens is 2. The third-order valence-corrected chi connectivity index (χ3v) is 4.62. The molecular weight excluding hydrogens is 378 g/mol. The first kappa shape index (κ1) is 18.9. The van der Waals surface area contributed by atoms with Crippen LogP contribution in [-0.4, -0.2) is 22.0 Å². The number of hydrogen-bond donors (Lipinski definition) is 3. The van der Waals surface area contributed by atoms with Crippen LogP contribution < -0.4 is 21.5 Å². The van der Waals surface area contributed by atoms with E-state index in [1.807, 2.05) is 35.8 Å². The molecule has 4 rings (SSSR count). The van der Waals surface area contributed by atoms with E-state index in [4.69, 9.17) is 11.5 Å². The van der Waals surface area contributed by atoms with Crippen LogP contribution in [0.1, 0.15) is 18.3 Å². The van der Waals surface area contributed by atoms with Crippen molar-refractivity contribution >= 4 is 22.7 Å². The first-order chi connectivity index (χ1) is 13.9. The summed E-state index contributed by atoms with van der Waals surface area (Å²) in [5.41, 5.74) is 14.9. The molecule has 2 aromatic carbocycles. The molecule has 0 amide bonds. The summed E-state index contributed by atoms with van der Waals surface area (Å²) in [7, 11) is 0. The standard InChI is InChI=1S/C20H20F2N6O/c1-2-17-25-14-5-3-4-6-15(14)28(17)18-11-16(23)26-20(24,27-18)12-7-9-13(10-8-12)29-19(21)22/h3-11,19,27H,2,24H2,1H3,(H2,23,26). The molecular formula is C20H20F2N6O. The number of imidazole rings is 1. The lowest BCUT2D eigenvalue weighted by Gasteiger charge is -2.33. The van der Waals surface area contributed by atoms with E-state index in [2.05, 4.69) is 20.0 Å². The number of alkyl halides is 2. The fourth-order valence-corrected chi connectivity index (χ4v) is 3.36. The van der Waals surface area contributed by atoms with Crippen molar-refractivity contribution in [2.75, 3.05) is 0 Å². The molecule has 1 unspecified atom stereocenters. The molecule has 0 aliphatic carbocycles. The molecule has 1 atom stereocenters. The summed E-state index contributed by atoms with van der Waals surface area (Å²) in [4.78, 5) is 9.00. The third-order valence-electron chi connectivity index (χ3n) is 4.62. The van der Waals surface area contributed by atoms with Crippen molar-refractivity contribution in [3.05, 3.63) is 66.0 Å². The van der Waals surface area contributed by atoms with Crippen LogP contribution in [0.5, 0.6) is 5.75 Å². The van der Waals surface area contributed by atoms with Gasteiger partial charge < -0.3 is 15.8 Å². The fourth-order valence-electron chi connectivity index (χ4n) is 3.36. The zero-order valence-electron chi connectivity index (χ0n) is 15.6. The van der Waals surface area contributed by atoms with Gasteiger partial charge in [0.05, 0.1) is 11.0 Å². The number of halogens is 2. The second-order valence-corrected chi connectivity index (χ2v) is 6.57. The number of fused-ring (bicyclic) bond motifs is 1. The molecule has 5 N–H and O–H groups in total. The maximum atomic E-state index is 12.4. The topological polar surface area (TPSA) is 103 Å². The van der Waals surface area contributed by atoms with Gasteiger partial charge in [-0.1, -0.05) is 19.1 Å². The molecule has 9 heteroatoms. The number of amidine groups is 1. The molecule has 3 aromatic rings. The zero-order chi connectivity index (χ0) is 20.6. The Balaban J connectivity index is 1.73. The van der Waals surface area contributed by atoms with Crippen LogP contribution in [0.25, 0.3) is 16.9 Å². The summed E-state index contributed by atoms with van der Waals surface area (Å²) in [5, 5.41) is 3.21. The van der Waals surface area contributed by atoms with Crippen LogP contribution in [0.4, 0.5) is 8.78 Å². The number of ether oxygens (including phenoxy) is 1. The van der Waals surface area contributed by atoms with Gasteiger partial charge in [-0.15, -0.1) is 0 Å². The van der Waals surface area contributed by atoms with E-state index in [-0.39, 0.29) is 11.6 Å². The quantitative estimate of drug-likeness (QED) is 0.613. The lowest BCUT2D eigenvalue weighted by molar-refractivity contribution is -0.0498. The van der Waals surface area contributed by atoms with E-state index in [1.165, 1.54) is 12.1 Å². The summed E-state index contributed by atoms with van der Waals surface area (Å²) in [6.45, 7) is -0.888. The Kier molecular flexibility index (Phi) is 4.67. The van der Waals surface area contributed by atoms with Crippen molar-refractivity contribution in [1.82, 2.24) is 14.9 Å². The number of nitrogens with zero attached hydrogens (tertiary/aromatic N) is 3. The Morgan fingerprint density at radius 3 is 2.59 bits per heavy atom. The number of nitrogens with two attached hydrogens (primary N) is 2. The van der Waals surface area contributed by atoms with Crippen molar-refractivity contribution in [2.24, 2.45) is 16.5 Å². The van der Waals surface area contributed by atoms with Gasteiger partial charge in [0.2, 0.25) is 5.79 Å². The van der Waals surface area contributed by atoms with Crippen molar-refractivity contribution in [2.45, 2.75) is 25.7 Å². The Hall–Kier alpha value is -3.46. The summed E-state index contributed by atoms with van der Waals surface area (Å²) in [5.74, 6) is 0.341. The molecule has 1 aromatic heterocycles. The molecule has 0 bridgehead atoms. The summed E-state index contributed by atoms with van der Waals surface area (Å²) in [6.07, 6.45) is 2.38. The molecule has 2 heterocycles. The van der Waals surface area contributed by atoms with Gasteiger partial charge >= 0.3 is 6.61 Å². The molecule has 0 saturated carbocycles. The van der Waals surface area contributed by atoms with Crippen molar-refractivity contribution < 1.29 is 13.5 Å². The van der Waals surface area contributed by atoms with Gasteiger partial charge in [-0.05, 0) is 36.4 Å². The summed E-state index contributed by atoms with van der Waals surface area (Å²) >= 11 is 0. The van der Waals surface area contributed by atoms with E-state index >= 15 is 0 Å². The number of rotatable bonds is 5. The van der Waals surface area contributed by atoms with Gasteiger partial charge in [-0.2, -0.15) is 8.78 Å². The van der Waals surface area contributed by atoms with Gasteiger partial charge in [-0.25, -0.2) is 9.98 Å². The minimum absolute atomic E-state index is 0.0322. The Bertz CT molecular complexity index is 1110. The van der Waals surface area contributed by atoms with E-state index in [9.17, 15) is 8.78 Å². The van der Waals surface area contributed by atoms with Crippen LogP contribution in [0.15, 0.2) is 59.6 Å². The van der Waals surface area contributed by atoms with E-state index in [1.54, 1.807) is 18.2 Å². The Labute approximate surface area is 165 Å². The minimum atomic E-state index is -2.90. The molecule has 1 aliphatic heterocycles. The van der Waals surface area contributed by atoms with Crippen LogP contribution in [0.3, 0.4) is 0 Å². The number of aliphatic imine (C=N–C) groups is 1. The maximum Gasteiger partial charge on any atom is 0.387 e. The molecule has 0 spiro atoms. The smallest absolute Gasteiger partial charge is 0.387 e. The van der Waals surface area contributed by atoms with E-state index in [0.29, 0.717) is 17.8 Å². The summed E-state index contributed by atoms with van der Waals surface area (Å²) < 4.78 is 31.1. The highest BCUT2D eigenvalue weighted by Gasteiger charge is 2.32. The van der Waals surface area contributed by atoms with Crippen LogP contribution in [0, 0.1) is 0 Å². The second-order valence-electron chi connectivity index (χ2n) is 6.57. The normalized spacial score (nSPS) is 19.1. The third kappa shape index (κ3) is 3.52. The van der Waals surface area contributed by atoms with E-state index < -0.39 is 12.4 Å². The highest BCUT2D eigenvalue weighted by Crippen LogP contribution is 2.28. The van der Waals surface area contributed by atoms with Crippen LogP contribution in [0.2, 0.25) is 0 Å². The van der Waals surface area contributed by atoms with Gasteiger partial charge in [0.25, 0.3) is 0 Å². The molecule has 7 nitrogen and oxygen atoms in total. The zero-order valence-corrected chi connectivity index (χ0v) is 15.6. The Morgan fingerprint density at radius 1 is 1.17 bits per heavy atom. The highest BCUT2D eigenvalue weighted by molar-refractivity contribution is 5.98. The van der Waals surface area contributed by atoms with Gasteiger partial charge in [-0.3, -0.25) is 10.3 Å². The monoisotopic (exact) mass is 398 g/mol. The average molecular weight is 398 g/mol. The van der Waals surface area contributed by atoms with Crippen molar-refractivity contribution in [3.8, 4) is 5.75 Å². The molecule has 0 radical (unpaired) electrons. The largest absolute Gasteiger partial charge is 0.435 e. The predicted molar refractivity (Wildman–Crippen MR) is 107 cm³/mol. The number of aryl methyl sites for hydroxylation is 1. The van der Waals surface area contributed by atoms with Gasteiger partial charge in [0.15, 0.2) is 0 Å². The van der Waals surface area contributed by atoms with Crippen LogP contribution >= 0.6 is 0 Å². The summed E-state index contributed by atoms with van der Waals surface area (Å²) in [6, 6.07) is 13.7. The first-order valence-electron chi connectivity index (χ1n) is 9.06. The van der Waals surface area contributed by atoms with Crippen molar-refractivity contribution in [3.63, 3.8) is 0 Å². The van der Waals surface area contributed by atoms with Gasteiger partial charge in [0, 0.05) is 18.1 Å². The Morgan fingerprint density at radius 2 is 1.90 bits per heavy atom. The van der Waals surface area contributed by atoms with E-state index in [0.717, 1.165) is 16.9 Å². The molecule has 1 aliphatic rings. The molecule has 0 saturated heterocycles. The van der Waals surface area contributed by atoms with Gasteiger partial charge in [0.1, 0.15) is 23.2 Å². The highest BCUT2D eigenvalue weighted by atomic mass is 19.3. The molecule has 29 heavy (non-hydrogen) atoms. The molecule has 150 valence electrons.